The number of fused-ring (bicyclic) bond motifs is 1. The van der Waals surface area contributed by atoms with Crippen LogP contribution in [0.3, 0.4) is 0 Å². The van der Waals surface area contributed by atoms with Crippen molar-refractivity contribution in [3.8, 4) is 0 Å². The maximum absolute atomic E-state index is 14.0. The predicted molar refractivity (Wildman–Crippen MR) is 93.4 cm³/mol. The van der Waals surface area contributed by atoms with Gasteiger partial charge >= 0.3 is 5.97 Å². The molecule has 0 bridgehead atoms. The minimum absolute atomic E-state index is 0.0777. The van der Waals surface area contributed by atoms with E-state index in [0.29, 0.717) is 25.3 Å². The highest BCUT2D eigenvalue weighted by molar-refractivity contribution is 5.93. The van der Waals surface area contributed by atoms with Gasteiger partial charge in [0, 0.05) is 36.9 Å². The van der Waals surface area contributed by atoms with Crippen LogP contribution in [-0.2, 0) is 4.84 Å². The number of carbonyl (C=O) groups excluding carboxylic acids is 1. The summed E-state index contributed by atoms with van der Waals surface area (Å²) in [6, 6.07) is 0.373. The first-order chi connectivity index (χ1) is 12.5. The zero-order valence-corrected chi connectivity index (χ0v) is 14.8. The van der Waals surface area contributed by atoms with Crippen molar-refractivity contribution in [2.45, 2.75) is 38.8 Å². The summed E-state index contributed by atoms with van der Waals surface area (Å²) in [5.74, 6) is -1.26. The van der Waals surface area contributed by atoms with Gasteiger partial charge in [-0.2, -0.15) is 0 Å². The molecule has 1 aliphatic carbocycles. The number of aromatic nitrogens is 2. The van der Waals surface area contributed by atoms with E-state index in [4.69, 9.17) is 4.84 Å². The van der Waals surface area contributed by atoms with Crippen LogP contribution in [-0.4, -0.2) is 46.3 Å². The summed E-state index contributed by atoms with van der Waals surface area (Å²) in [5.41, 5.74) is 0.0178. The van der Waals surface area contributed by atoms with Gasteiger partial charge in [-0.15, -0.1) is 5.06 Å². The molecule has 1 saturated heterocycles. The summed E-state index contributed by atoms with van der Waals surface area (Å²) >= 11 is 0. The molecule has 0 radical (unpaired) electrons. The minimum atomic E-state index is -0.705. The fourth-order valence-corrected chi connectivity index (χ4v) is 3.35. The highest BCUT2D eigenvalue weighted by Crippen LogP contribution is 2.37. The van der Waals surface area contributed by atoms with E-state index >= 15 is 0 Å². The van der Waals surface area contributed by atoms with Gasteiger partial charge < -0.3 is 14.7 Å². The number of halogens is 1. The topological polar surface area (TPSA) is 76.5 Å². The first-order valence-electron chi connectivity index (χ1n) is 8.86. The van der Waals surface area contributed by atoms with Gasteiger partial charge in [0.05, 0.1) is 18.1 Å². The van der Waals surface area contributed by atoms with Crippen molar-refractivity contribution in [3.63, 3.8) is 0 Å². The fourth-order valence-electron chi connectivity index (χ4n) is 3.35. The van der Waals surface area contributed by atoms with Crippen molar-refractivity contribution >= 4 is 17.0 Å². The zero-order chi connectivity index (χ0) is 18.4. The monoisotopic (exact) mass is 360 g/mol. The predicted octanol–water partition coefficient (Wildman–Crippen LogP) is 1.54. The van der Waals surface area contributed by atoms with Crippen LogP contribution < -0.4 is 10.7 Å². The molecule has 2 fully saturated rings. The number of nitrogens with one attached hydrogen (secondary N) is 1. The molecule has 1 unspecified atom stereocenters. The molecule has 2 aliphatic rings. The largest absolute Gasteiger partial charge is 0.364 e. The third-order valence-electron chi connectivity index (χ3n) is 4.95. The number of hydrogen-bond donors (Lipinski definition) is 1. The molecule has 0 aromatic carbocycles. The van der Waals surface area contributed by atoms with Crippen LogP contribution in [0, 0.1) is 12.7 Å². The molecule has 1 atom stereocenters. The molecule has 0 amide bonds. The fraction of sp³-hybridized carbons (Fsp3) is 0.500. The van der Waals surface area contributed by atoms with E-state index in [1.54, 1.807) is 9.63 Å². The first-order valence-corrected chi connectivity index (χ1v) is 8.86. The van der Waals surface area contributed by atoms with Crippen molar-refractivity contribution in [1.29, 1.82) is 0 Å². The molecule has 2 aromatic heterocycles. The van der Waals surface area contributed by atoms with E-state index in [2.05, 4.69) is 10.3 Å². The lowest BCUT2D eigenvalue weighted by Gasteiger charge is -2.30. The lowest BCUT2D eigenvalue weighted by molar-refractivity contribution is -0.122. The molecule has 3 heterocycles. The molecule has 1 saturated carbocycles. The number of rotatable bonds is 3. The van der Waals surface area contributed by atoms with Crippen molar-refractivity contribution in [2.24, 2.45) is 0 Å². The van der Waals surface area contributed by atoms with Gasteiger partial charge in [-0.3, -0.25) is 4.79 Å². The molecule has 0 spiro atoms. The Balaban J connectivity index is 1.77. The van der Waals surface area contributed by atoms with Gasteiger partial charge in [0.2, 0.25) is 5.43 Å². The highest BCUT2D eigenvalue weighted by atomic mass is 19.1. The Kier molecular flexibility index (Phi) is 4.24. The Bertz CT molecular complexity index is 938. The molecular formula is C18H21FN4O3. The van der Waals surface area contributed by atoms with E-state index in [1.165, 1.54) is 13.1 Å². The van der Waals surface area contributed by atoms with Crippen molar-refractivity contribution in [3.05, 3.63) is 39.6 Å². The molecule has 1 N–H and O–H groups in total. The normalized spacial score (nSPS) is 21.1. The Morgan fingerprint density at radius 2 is 2.19 bits per heavy atom. The SMILES string of the molecule is Cc1c(F)cnc2c1c(=O)c(C(=O)ON1CCNC(C)C1)cn2C1CC1. The van der Waals surface area contributed by atoms with Gasteiger partial charge in [-0.1, -0.05) is 0 Å². The summed E-state index contributed by atoms with van der Waals surface area (Å²) in [5, 5.41) is 4.97. The van der Waals surface area contributed by atoms with E-state index in [1.807, 2.05) is 6.92 Å². The van der Waals surface area contributed by atoms with E-state index in [0.717, 1.165) is 19.0 Å². The van der Waals surface area contributed by atoms with Crippen LogP contribution in [0.25, 0.3) is 11.0 Å². The maximum atomic E-state index is 14.0. The minimum Gasteiger partial charge on any atom is -0.364 e. The number of hydrogen-bond acceptors (Lipinski definition) is 6. The highest BCUT2D eigenvalue weighted by Gasteiger charge is 2.30. The average Bonchev–Trinajstić information content (AvgIpc) is 3.43. The van der Waals surface area contributed by atoms with Crippen LogP contribution in [0.5, 0.6) is 0 Å². The lowest BCUT2D eigenvalue weighted by atomic mass is 10.1. The van der Waals surface area contributed by atoms with Gasteiger partial charge in [-0.05, 0) is 26.7 Å². The third-order valence-corrected chi connectivity index (χ3v) is 4.95. The number of carbonyl (C=O) groups is 1. The standard InChI is InChI=1S/C18H21FN4O3/c1-10-8-22(6-5-20-10)26-18(25)13-9-23(12-3-4-12)17-15(16(13)24)11(2)14(19)7-21-17/h7,9-10,12,20H,3-6,8H2,1-2H3. The van der Waals surface area contributed by atoms with Crippen LogP contribution >= 0.6 is 0 Å². The third kappa shape index (κ3) is 2.99. The second-order valence-corrected chi connectivity index (χ2v) is 7.06. The summed E-state index contributed by atoms with van der Waals surface area (Å²) < 4.78 is 15.8. The summed E-state index contributed by atoms with van der Waals surface area (Å²) in [6.07, 6.45) is 4.52. The Labute approximate surface area is 149 Å². The van der Waals surface area contributed by atoms with Gasteiger partial charge in [0.1, 0.15) is 17.0 Å². The van der Waals surface area contributed by atoms with Gasteiger partial charge in [0.15, 0.2) is 0 Å². The number of nitrogens with zero attached hydrogens (tertiary/aromatic N) is 3. The maximum Gasteiger partial charge on any atom is 0.362 e. The van der Waals surface area contributed by atoms with Gasteiger partial charge in [0.25, 0.3) is 0 Å². The van der Waals surface area contributed by atoms with Gasteiger partial charge in [-0.25, -0.2) is 14.2 Å². The van der Waals surface area contributed by atoms with Crippen molar-refractivity contribution < 1.29 is 14.0 Å². The van der Waals surface area contributed by atoms with Crippen LogP contribution in [0.2, 0.25) is 0 Å². The van der Waals surface area contributed by atoms with Crippen LogP contribution in [0.15, 0.2) is 17.2 Å². The average molecular weight is 360 g/mol. The molecule has 4 rings (SSSR count). The summed E-state index contributed by atoms with van der Waals surface area (Å²) in [6.45, 7) is 5.33. The van der Waals surface area contributed by atoms with Crippen molar-refractivity contribution in [2.75, 3.05) is 19.6 Å². The molecule has 26 heavy (non-hydrogen) atoms. The zero-order valence-electron chi connectivity index (χ0n) is 14.8. The molecule has 8 heteroatoms. The van der Waals surface area contributed by atoms with Crippen LogP contribution in [0.4, 0.5) is 4.39 Å². The second-order valence-electron chi connectivity index (χ2n) is 7.06. The Morgan fingerprint density at radius 3 is 2.88 bits per heavy atom. The second kappa shape index (κ2) is 6.44. The van der Waals surface area contributed by atoms with Crippen molar-refractivity contribution in [1.82, 2.24) is 19.9 Å². The molecule has 7 nitrogen and oxygen atoms in total. The molecular weight excluding hydrogens is 339 g/mol. The van der Waals surface area contributed by atoms with E-state index in [9.17, 15) is 14.0 Å². The lowest BCUT2D eigenvalue weighted by Crippen LogP contribution is -2.49. The summed E-state index contributed by atoms with van der Waals surface area (Å²) in [4.78, 5) is 35.1. The van der Waals surface area contributed by atoms with E-state index < -0.39 is 17.2 Å². The number of hydroxylamine groups is 2. The number of piperazine rings is 1. The Hall–Kier alpha value is -2.32. The molecule has 2 aromatic rings. The summed E-state index contributed by atoms with van der Waals surface area (Å²) in [7, 11) is 0. The van der Waals surface area contributed by atoms with E-state index in [-0.39, 0.29) is 28.6 Å². The first kappa shape index (κ1) is 17.1. The molecule has 138 valence electrons. The quantitative estimate of drug-likeness (QED) is 0.895. The van der Waals surface area contributed by atoms with Crippen LogP contribution in [0.1, 0.15) is 41.7 Å². The Morgan fingerprint density at radius 1 is 1.42 bits per heavy atom. The smallest absolute Gasteiger partial charge is 0.362 e. The number of aryl methyl sites for hydroxylation is 1. The molecule has 1 aliphatic heterocycles. The number of pyridine rings is 2.